The Hall–Kier alpha value is -1.41. The van der Waals surface area contributed by atoms with E-state index >= 15 is 0 Å². The van der Waals surface area contributed by atoms with Gasteiger partial charge in [0, 0.05) is 12.0 Å². The number of hydrogen-bond acceptors (Lipinski definition) is 1. The molecule has 0 fully saturated rings. The first-order valence-corrected chi connectivity index (χ1v) is 7.06. The predicted octanol–water partition coefficient (Wildman–Crippen LogP) is 4.50. The van der Waals surface area contributed by atoms with Crippen LogP contribution >= 0.6 is 15.9 Å². The second-order valence-corrected chi connectivity index (χ2v) is 5.95. The molecule has 1 aliphatic rings. The van der Waals surface area contributed by atoms with Gasteiger partial charge in [0.2, 0.25) is 0 Å². The number of benzene rings is 2. The van der Waals surface area contributed by atoms with Gasteiger partial charge in [-0.15, -0.1) is 0 Å². The number of alkyl halides is 1. The second kappa shape index (κ2) is 4.69. The van der Waals surface area contributed by atoms with E-state index in [0.29, 0.717) is 0 Å². The Labute approximate surface area is 116 Å². The van der Waals surface area contributed by atoms with Gasteiger partial charge in [0.15, 0.2) is 0 Å². The summed E-state index contributed by atoms with van der Waals surface area (Å²) in [7, 11) is 0. The number of para-hydroxylation sites is 1. The van der Waals surface area contributed by atoms with Crippen LogP contribution in [-0.2, 0) is 6.42 Å². The lowest BCUT2D eigenvalue weighted by Gasteiger charge is -2.10. The summed E-state index contributed by atoms with van der Waals surface area (Å²) in [5, 5.41) is 0. The maximum absolute atomic E-state index is 4.85. The quantitative estimate of drug-likeness (QED) is 0.688. The summed E-state index contributed by atoms with van der Waals surface area (Å²) in [5.41, 5.74) is 6.13. The molecule has 0 saturated heterocycles. The third-order valence-electron chi connectivity index (χ3n) is 3.28. The minimum Gasteiger partial charge on any atom is -0.251 e. The number of nitrogens with zero attached hydrogens (tertiary/aromatic N) is 1. The predicted molar refractivity (Wildman–Crippen MR) is 80.3 cm³/mol. The van der Waals surface area contributed by atoms with Gasteiger partial charge in [-0.2, -0.15) is 0 Å². The van der Waals surface area contributed by atoms with Crippen molar-refractivity contribution in [1.82, 2.24) is 0 Å². The highest BCUT2D eigenvalue weighted by atomic mass is 79.9. The van der Waals surface area contributed by atoms with Gasteiger partial charge in [-0.25, -0.2) is 0 Å². The summed E-state index contributed by atoms with van der Waals surface area (Å²) in [5.74, 6) is 0. The number of rotatable bonds is 1. The molecule has 2 aromatic carbocycles. The largest absolute Gasteiger partial charge is 0.251 e. The molecule has 90 valence electrons. The van der Waals surface area contributed by atoms with Crippen LogP contribution in [0.3, 0.4) is 0 Å². The Bertz CT molecular complexity index is 614. The third-order valence-corrected chi connectivity index (χ3v) is 3.72. The average Bonchev–Trinajstić information content (AvgIpc) is 2.55. The van der Waals surface area contributed by atoms with E-state index in [4.69, 9.17) is 4.99 Å². The molecule has 1 atom stereocenters. The van der Waals surface area contributed by atoms with Crippen LogP contribution in [0.4, 0.5) is 5.69 Å². The molecule has 0 amide bonds. The van der Waals surface area contributed by atoms with Crippen LogP contribution in [0.2, 0.25) is 0 Å². The molecule has 0 aromatic heterocycles. The van der Waals surface area contributed by atoms with E-state index in [9.17, 15) is 0 Å². The maximum Gasteiger partial charge on any atom is 0.0669 e. The van der Waals surface area contributed by atoms with Gasteiger partial charge in [-0.1, -0.05) is 58.4 Å². The van der Waals surface area contributed by atoms with Crippen LogP contribution in [0, 0.1) is 0 Å². The third kappa shape index (κ3) is 2.01. The number of fused-ring (bicyclic) bond motifs is 2. The van der Waals surface area contributed by atoms with Gasteiger partial charge >= 0.3 is 0 Å². The highest BCUT2D eigenvalue weighted by molar-refractivity contribution is 9.10. The minimum atomic E-state index is 0.254. The standard InChI is InChI=1S/C16H14BrN/c1-11(17)16-14-8-4-2-6-12(14)10-13-7-3-5-9-15(13)18-16/h2-9,11H,10H2,1H3. The molecule has 1 unspecified atom stereocenters. The van der Waals surface area contributed by atoms with E-state index in [1.807, 2.05) is 0 Å². The van der Waals surface area contributed by atoms with Gasteiger partial charge in [-0.3, -0.25) is 4.99 Å². The zero-order chi connectivity index (χ0) is 12.5. The van der Waals surface area contributed by atoms with Crippen molar-refractivity contribution in [3.05, 3.63) is 65.2 Å². The van der Waals surface area contributed by atoms with Gasteiger partial charge < -0.3 is 0 Å². The van der Waals surface area contributed by atoms with Crippen LogP contribution in [0.25, 0.3) is 0 Å². The van der Waals surface area contributed by atoms with Crippen molar-refractivity contribution in [2.45, 2.75) is 18.2 Å². The van der Waals surface area contributed by atoms with E-state index in [1.54, 1.807) is 0 Å². The first kappa shape index (κ1) is 11.7. The lowest BCUT2D eigenvalue weighted by Crippen LogP contribution is -2.12. The minimum absolute atomic E-state index is 0.254. The highest BCUT2D eigenvalue weighted by Crippen LogP contribution is 2.30. The average molecular weight is 300 g/mol. The van der Waals surface area contributed by atoms with Gasteiger partial charge in [0.1, 0.15) is 0 Å². The van der Waals surface area contributed by atoms with E-state index in [2.05, 4.69) is 71.4 Å². The molecule has 0 saturated carbocycles. The molecule has 1 heterocycles. The Morgan fingerprint density at radius 2 is 1.67 bits per heavy atom. The summed E-state index contributed by atoms with van der Waals surface area (Å²) in [6, 6.07) is 16.9. The normalized spacial score (nSPS) is 15.1. The summed E-state index contributed by atoms with van der Waals surface area (Å²) in [6.45, 7) is 2.13. The Kier molecular flexibility index (Phi) is 3.04. The first-order valence-electron chi connectivity index (χ1n) is 6.14. The molecule has 1 aliphatic heterocycles. The first-order chi connectivity index (χ1) is 8.75. The molecular formula is C16H14BrN. The fraction of sp³-hybridized carbons (Fsp3) is 0.188. The molecule has 2 heteroatoms. The number of halogens is 1. The zero-order valence-electron chi connectivity index (χ0n) is 10.2. The molecule has 0 aliphatic carbocycles. The van der Waals surface area contributed by atoms with Crippen LogP contribution in [-0.4, -0.2) is 10.5 Å². The van der Waals surface area contributed by atoms with Gasteiger partial charge in [0.05, 0.1) is 16.2 Å². The van der Waals surface area contributed by atoms with E-state index in [0.717, 1.165) is 17.8 Å². The van der Waals surface area contributed by atoms with Crippen molar-refractivity contribution >= 4 is 27.3 Å². The fourth-order valence-corrected chi connectivity index (χ4v) is 2.74. The lowest BCUT2D eigenvalue weighted by atomic mass is 9.97. The molecule has 0 spiro atoms. The van der Waals surface area contributed by atoms with E-state index < -0.39 is 0 Å². The lowest BCUT2D eigenvalue weighted by molar-refractivity contribution is 1.19. The molecule has 3 rings (SSSR count). The Morgan fingerprint density at radius 3 is 2.44 bits per heavy atom. The van der Waals surface area contributed by atoms with Crippen molar-refractivity contribution in [1.29, 1.82) is 0 Å². The maximum atomic E-state index is 4.85. The molecular weight excluding hydrogens is 286 g/mol. The van der Waals surface area contributed by atoms with Gasteiger partial charge in [0.25, 0.3) is 0 Å². The SMILES string of the molecule is CC(Br)C1=Nc2ccccc2Cc2ccccc21. The summed E-state index contributed by atoms with van der Waals surface area (Å²) in [4.78, 5) is 5.10. The molecule has 0 N–H and O–H groups in total. The summed E-state index contributed by atoms with van der Waals surface area (Å²) in [6.07, 6.45) is 0.957. The van der Waals surface area contributed by atoms with Crippen molar-refractivity contribution in [2.24, 2.45) is 4.99 Å². The van der Waals surface area contributed by atoms with Crippen LogP contribution in [0.5, 0.6) is 0 Å². The van der Waals surface area contributed by atoms with Crippen molar-refractivity contribution in [2.75, 3.05) is 0 Å². The Morgan fingerprint density at radius 1 is 1.00 bits per heavy atom. The molecule has 18 heavy (non-hydrogen) atoms. The number of aliphatic imine (C=N–C) groups is 1. The fourth-order valence-electron chi connectivity index (χ4n) is 2.39. The van der Waals surface area contributed by atoms with Crippen molar-refractivity contribution in [3.8, 4) is 0 Å². The highest BCUT2D eigenvalue weighted by Gasteiger charge is 2.18. The molecule has 0 radical (unpaired) electrons. The smallest absolute Gasteiger partial charge is 0.0669 e. The van der Waals surface area contributed by atoms with Crippen LogP contribution in [0.15, 0.2) is 53.5 Å². The Balaban J connectivity index is 2.26. The van der Waals surface area contributed by atoms with Crippen LogP contribution < -0.4 is 0 Å². The van der Waals surface area contributed by atoms with E-state index in [-0.39, 0.29) is 4.83 Å². The molecule has 0 bridgehead atoms. The topological polar surface area (TPSA) is 12.4 Å². The molecule has 2 aromatic rings. The van der Waals surface area contributed by atoms with Gasteiger partial charge in [-0.05, 0) is 24.1 Å². The number of hydrogen-bond donors (Lipinski definition) is 0. The summed E-state index contributed by atoms with van der Waals surface area (Å²) >= 11 is 3.66. The van der Waals surface area contributed by atoms with E-state index in [1.165, 1.54) is 16.7 Å². The molecule has 1 nitrogen and oxygen atoms in total. The zero-order valence-corrected chi connectivity index (χ0v) is 11.8. The van der Waals surface area contributed by atoms with Crippen molar-refractivity contribution < 1.29 is 0 Å². The summed E-state index contributed by atoms with van der Waals surface area (Å²) < 4.78 is 0. The van der Waals surface area contributed by atoms with Crippen molar-refractivity contribution in [3.63, 3.8) is 0 Å². The second-order valence-electron chi connectivity index (χ2n) is 4.58. The van der Waals surface area contributed by atoms with Crippen LogP contribution in [0.1, 0.15) is 23.6 Å². The monoisotopic (exact) mass is 299 g/mol.